The fraction of sp³-hybridized carbons (Fsp3) is 0.538. The van der Waals surface area contributed by atoms with E-state index in [9.17, 15) is 9.59 Å². The highest BCUT2D eigenvalue weighted by Crippen LogP contribution is 2.43. The summed E-state index contributed by atoms with van der Waals surface area (Å²) >= 11 is 1.72. The summed E-state index contributed by atoms with van der Waals surface area (Å²) in [5, 5.41) is 0.315. The van der Waals surface area contributed by atoms with E-state index >= 15 is 0 Å². The molecule has 1 aliphatic heterocycles. The van der Waals surface area contributed by atoms with Crippen molar-refractivity contribution >= 4 is 23.5 Å². The van der Waals surface area contributed by atoms with Gasteiger partial charge in [0.25, 0.3) is 0 Å². The maximum atomic E-state index is 11.4. The van der Waals surface area contributed by atoms with Crippen LogP contribution in [0.1, 0.15) is 19.8 Å². The Bertz CT molecular complexity index is 442. The van der Waals surface area contributed by atoms with Gasteiger partial charge in [0.05, 0.1) is 5.37 Å². The van der Waals surface area contributed by atoms with Crippen LogP contribution in [-0.2, 0) is 9.59 Å². The lowest BCUT2D eigenvalue weighted by molar-refractivity contribution is -0.127. The number of likely N-dealkylation sites (N-methyl/N-ethyl adjacent to an activating group) is 1. The molecule has 0 bridgehead atoms. The highest BCUT2D eigenvalue weighted by atomic mass is 32.2. The van der Waals surface area contributed by atoms with E-state index in [1.54, 1.807) is 29.7 Å². The van der Waals surface area contributed by atoms with E-state index in [1.807, 2.05) is 20.2 Å². The summed E-state index contributed by atoms with van der Waals surface area (Å²) < 4.78 is 0. The lowest BCUT2D eigenvalue weighted by Crippen LogP contribution is -2.30. The lowest BCUT2D eigenvalue weighted by Gasteiger charge is -2.24. The fourth-order valence-electron chi connectivity index (χ4n) is 2.08. The van der Waals surface area contributed by atoms with E-state index in [0.717, 1.165) is 23.6 Å². The Hall–Kier alpha value is -1.23. The Kier molecular flexibility index (Phi) is 3.80. The first-order valence-corrected chi connectivity index (χ1v) is 6.93. The molecule has 98 valence electrons. The average molecular weight is 266 g/mol. The first kappa shape index (κ1) is 13.2. The van der Waals surface area contributed by atoms with Gasteiger partial charge in [-0.2, -0.15) is 0 Å². The van der Waals surface area contributed by atoms with Crippen LogP contribution in [0.4, 0.5) is 0 Å². The normalized spacial score (nSPS) is 22.5. The third kappa shape index (κ3) is 2.61. The number of carbonyl (C=O) groups is 2. The lowest BCUT2D eigenvalue weighted by atomic mass is 10.1. The monoisotopic (exact) mass is 266 g/mol. The molecule has 1 aliphatic carbocycles. The molecule has 1 heterocycles. The number of carbonyl (C=O) groups excluding carboxylic acids is 2. The van der Waals surface area contributed by atoms with Gasteiger partial charge in [-0.15, -0.1) is 0 Å². The van der Waals surface area contributed by atoms with Gasteiger partial charge >= 0.3 is 0 Å². The Balaban J connectivity index is 1.98. The Morgan fingerprint density at radius 1 is 1.61 bits per heavy atom. The quantitative estimate of drug-likeness (QED) is 0.778. The van der Waals surface area contributed by atoms with Gasteiger partial charge in [0, 0.05) is 44.6 Å². The van der Waals surface area contributed by atoms with Crippen molar-refractivity contribution in [3.05, 3.63) is 22.8 Å². The Morgan fingerprint density at radius 2 is 2.33 bits per heavy atom. The zero-order chi connectivity index (χ0) is 13.3. The van der Waals surface area contributed by atoms with Gasteiger partial charge in [0.2, 0.25) is 5.91 Å². The van der Waals surface area contributed by atoms with Crippen LogP contribution >= 0.6 is 11.8 Å². The molecule has 1 amide bonds. The molecule has 0 saturated carbocycles. The first-order chi connectivity index (χ1) is 8.49. The van der Waals surface area contributed by atoms with Crippen molar-refractivity contribution in [2.45, 2.75) is 25.1 Å². The zero-order valence-corrected chi connectivity index (χ0v) is 11.8. The predicted octanol–water partition coefficient (Wildman–Crippen LogP) is 1.60. The number of thioether (sulfide) groups is 1. The number of hydrogen-bond donors (Lipinski definition) is 0. The molecule has 18 heavy (non-hydrogen) atoms. The average Bonchev–Trinajstić information content (AvgIpc) is 2.62. The number of nitrogens with zero attached hydrogens (tertiary/aromatic N) is 2. The van der Waals surface area contributed by atoms with Crippen LogP contribution in [0.15, 0.2) is 22.8 Å². The highest BCUT2D eigenvalue weighted by Gasteiger charge is 2.32. The number of ketones is 1. The van der Waals surface area contributed by atoms with E-state index in [0.29, 0.717) is 11.8 Å². The van der Waals surface area contributed by atoms with Gasteiger partial charge in [-0.25, -0.2) is 0 Å². The second kappa shape index (κ2) is 5.18. The fourth-order valence-corrected chi connectivity index (χ4v) is 3.42. The predicted molar refractivity (Wildman–Crippen MR) is 72.9 cm³/mol. The molecule has 1 fully saturated rings. The van der Waals surface area contributed by atoms with Gasteiger partial charge in [-0.3, -0.25) is 9.59 Å². The molecule has 5 heteroatoms. The van der Waals surface area contributed by atoms with Gasteiger partial charge < -0.3 is 9.80 Å². The van der Waals surface area contributed by atoms with Crippen LogP contribution in [-0.4, -0.2) is 47.5 Å². The van der Waals surface area contributed by atoms with Crippen molar-refractivity contribution < 1.29 is 9.59 Å². The summed E-state index contributed by atoms with van der Waals surface area (Å²) in [5.41, 5.74) is 1.16. The highest BCUT2D eigenvalue weighted by molar-refractivity contribution is 8.04. The molecule has 2 rings (SSSR count). The number of amides is 1. The molecular formula is C13H18N2O2S. The second-order valence-electron chi connectivity index (χ2n) is 4.68. The zero-order valence-electron chi connectivity index (χ0n) is 11.0. The van der Waals surface area contributed by atoms with E-state index in [-0.39, 0.29) is 11.7 Å². The molecule has 0 aromatic carbocycles. The molecule has 1 saturated heterocycles. The Labute approximate surface area is 112 Å². The van der Waals surface area contributed by atoms with Gasteiger partial charge in [0.1, 0.15) is 0 Å². The SMILES string of the molecule is CC(=O)N(C)CCC1SC2=CC(=O)CC=C2N1C. The first-order valence-electron chi connectivity index (χ1n) is 6.05. The molecular weight excluding hydrogens is 248 g/mol. The smallest absolute Gasteiger partial charge is 0.219 e. The molecule has 0 aromatic heterocycles. The van der Waals surface area contributed by atoms with Crippen LogP contribution in [0.2, 0.25) is 0 Å². The number of allylic oxidation sites excluding steroid dienone is 2. The number of hydrogen-bond acceptors (Lipinski definition) is 4. The summed E-state index contributed by atoms with van der Waals surface area (Å²) in [4.78, 5) is 27.5. The summed E-state index contributed by atoms with van der Waals surface area (Å²) in [7, 11) is 3.87. The molecule has 2 aliphatic rings. The number of fused-ring (bicyclic) bond motifs is 1. The van der Waals surface area contributed by atoms with Gasteiger partial charge in [-0.05, 0) is 12.5 Å². The molecule has 1 unspecified atom stereocenters. The Morgan fingerprint density at radius 3 is 3.00 bits per heavy atom. The van der Waals surface area contributed by atoms with Crippen molar-refractivity contribution in [3.8, 4) is 0 Å². The van der Waals surface area contributed by atoms with Crippen molar-refractivity contribution in [2.24, 2.45) is 0 Å². The summed E-state index contributed by atoms with van der Waals surface area (Å²) in [6.07, 6.45) is 5.15. The van der Waals surface area contributed by atoms with Crippen LogP contribution in [0, 0.1) is 0 Å². The molecule has 1 atom stereocenters. The minimum Gasteiger partial charge on any atom is -0.362 e. The third-order valence-corrected chi connectivity index (χ3v) is 4.77. The number of rotatable bonds is 3. The van der Waals surface area contributed by atoms with Gasteiger partial charge in [-0.1, -0.05) is 17.8 Å². The molecule has 0 N–H and O–H groups in total. The van der Waals surface area contributed by atoms with Gasteiger partial charge in [0.15, 0.2) is 5.78 Å². The summed E-state index contributed by atoms with van der Waals surface area (Å²) in [6.45, 7) is 2.32. The van der Waals surface area contributed by atoms with Crippen molar-refractivity contribution in [3.63, 3.8) is 0 Å². The molecule has 0 spiro atoms. The van der Waals surface area contributed by atoms with E-state index in [2.05, 4.69) is 4.90 Å². The molecule has 0 aromatic rings. The maximum Gasteiger partial charge on any atom is 0.219 e. The van der Waals surface area contributed by atoms with Crippen molar-refractivity contribution in [1.82, 2.24) is 9.80 Å². The van der Waals surface area contributed by atoms with Crippen LogP contribution in [0.3, 0.4) is 0 Å². The van der Waals surface area contributed by atoms with E-state index < -0.39 is 0 Å². The largest absolute Gasteiger partial charge is 0.362 e. The minimum absolute atomic E-state index is 0.0895. The molecule has 0 radical (unpaired) electrons. The topological polar surface area (TPSA) is 40.6 Å². The standard InChI is InChI=1S/C13H18N2O2S/c1-9(16)14(2)7-6-13-15(3)11-5-4-10(17)8-12(11)18-13/h5,8,13H,4,6-7H2,1-3H3. The minimum atomic E-state index is 0.0895. The molecule has 4 nitrogen and oxygen atoms in total. The third-order valence-electron chi connectivity index (χ3n) is 3.37. The van der Waals surface area contributed by atoms with Crippen LogP contribution < -0.4 is 0 Å². The van der Waals surface area contributed by atoms with Crippen molar-refractivity contribution in [2.75, 3.05) is 20.6 Å². The summed E-state index contributed by atoms with van der Waals surface area (Å²) in [5.74, 6) is 0.267. The van der Waals surface area contributed by atoms with Crippen LogP contribution in [0.25, 0.3) is 0 Å². The van der Waals surface area contributed by atoms with E-state index in [1.165, 1.54) is 0 Å². The maximum absolute atomic E-state index is 11.4. The summed E-state index contributed by atoms with van der Waals surface area (Å²) in [6, 6.07) is 0. The second-order valence-corrected chi connectivity index (χ2v) is 5.90. The van der Waals surface area contributed by atoms with Crippen LogP contribution in [0.5, 0.6) is 0 Å². The van der Waals surface area contributed by atoms with Crippen molar-refractivity contribution in [1.29, 1.82) is 0 Å². The van der Waals surface area contributed by atoms with E-state index in [4.69, 9.17) is 0 Å².